The fourth-order valence-electron chi connectivity index (χ4n) is 2.30. The summed E-state index contributed by atoms with van der Waals surface area (Å²) in [5.74, 6) is 0.0499. The predicted octanol–water partition coefficient (Wildman–Crippen LogP) is 4.93. The zero-order valence-electron chi connectivity index (χ0n) is 14.0. The normalized spacial score (nSPS) is 11.3. The van der Waals surface area contributed by atoms with Crippen LogP contribution in [0, 0.1) is 12.3 Å². The fourth-order valence-corrected chi connectivity index (χ4v) is 2.30. The number of carboxylic acid groups (broad SMARTS) is 1. The van der Waals surface area contributed by atoms with Gasteiger partial charge in [-0.3, -0.25) is 4.79 Å². The van der Waals surface area contributed by atoms with Gasteiger partial charge in [0.15, 0.2) is 0 Å². The second kappa shape index (κ2) is 7.32. The van der Waals surface area contributed by atoms with E-state index < -0.39 is 11.4 Å². The Morgan fingerprint density at radius 2 is 1.52 bits per heavy atom. The third-order valence-corrected chi connectivity index (χ3v) is 4.03. The van der Waals surface area contributed by atoms with Gasteiger partial charge in [0.1, 0.15) is 5.75 Å². The number of hydrogen-bond donors (Lipinski definition) is 1. The number of aryl methyl sites for hydroxylation is 1. The van der Waals surface area contributed by atoms with Crippen LogP contribution in [0.25, 0.3) is 11.1 Å². The van der Waals surface area contributed by atoms with Crippen LogP contribution in [-0.4, -0.2) is 17.7 Å². The van der Waals surface area contributed by atoms with E-state index in [9.17, 15) is 4.79 Å². The van der Waals surface area contributed by atoms with Crippen LogP contribution in [0.5, 0.6) is 5.75 Å². The molecule has 0 atom stereocenters. The first-order chi connectivity index (χ1) is 10.9. The Bertz CT molecular complexity index is 640. The molecule has 0 fully saturated rings. The Morgan fingerprint density at radius 1 is 1.00 bits per heavy atom. The van der Waals surface area contributed by atoms with Crippen LogP contribution in [0.15, 0.2) is 48.5 Å². The summed E-state index contributed by atoms with van der Waals surface area (Å²) in [6.07, 6.45) is 1.32. The second-order valence-corrected chi connectivity index (χ2v) is 6.53. The molecule has 0 saturated heterocycles. The topological polar surface area (TPSA) is 46.5 Å². The van der Waals surface area contributed by atoms with Crippen LogP contribution in [0.2, 0.25) is 0 Å². The maximum atomic E-state index is 11.0. The lowest BCUT2D eigenvalue weighted by molar-refractivity contribution is -0.147. The molecular formula is C20H24O3. The summed E-state index contributed by atoms with van der Waals surface area (Å²) < 4.78 is 5.70. The molecule has 0 aromatic heterocycles. The van der Waals surface area contributed by atoms with E-state index in [4.69, 9.17) is 9.84 Å². The lowest BCUT2D eigenvalue weighted by Gasteiger charge is -2.18. The number of aliphatic carboxylic acids is 1. The first-order valence-corrected chi connectivity index (χ1v) is 7.92. The molecule has 0 heterocycles. The van der Waals surface area contributed by atoms with E-state index in [1.165, 1.54) is 11.1 Å². The van der Waals surface area contributed by atoms with Crippen molar-refractivity contribution in [2.75, 3.05) is 6.61 Å². The molecule has 0 unspecified atom stereocenters. The molecule has 0 amide bonds. The first-order valence-electron chi connectivity index (χ1n) is 7.92. The third-order valence-electron chi connectivity index (χ3n) is 4.03. The molecule has 0 saturated carbocycles. The summed E-state index contributed by atoms with van der Waals surface area (Å²) in [6, 6.07) is 16.4. The van der Waals surface area contributed by atoms with Crippen LogP contribution in [0.3, 0.4) is 0 Å². The molecule has 23 heavy (non-hydrogen) atoms. The highest BCUT2D eigenvalue weighted by Gasteiger charge is 2.26. The Labute approximate surface area is 137 Å². The summed E-state index contributed by atoms with van der Waals surface area (Å²) in [5, 5.41) is 9.07. The van der Waals surface area contributed by atoms with Gasteiger partial charge in [0, 0.05) is 0 Å². The Kier molecular flexibility index (Phi) is 5.43. The van der Waals surface area contributed by atoms with E-state index in [2.05, 4.69) is 31.2 Å². The van der Waals surface area contributed by atoms with E-state index >= 15 is 0 Å². The molecule has 0 aliphatic heterocycles. The van der Waals surface area contributed by atoms with Gasteiger partial charge in [-0.05, 0) is 56.9 Å². The highest BCUT2D eigenvalue weighted by molar-refractivity contribution is 5.73. The van der Waals surface area contributed by atoms with Gasteiger partial charge in [0.05, 0.1) is 12.0 Å². The van der Waals surface area contributed by atoms with Crippen LogP contribution >= 0.6 is 0 Å². The van der Waals surface area contributed by atoms with Crippen molar-refractivity contribution in [3.63, 3.8) is 0 Å². The van der Waals surface area contributed by atoms with Crippen molar-refractivity contribution in [3.8, 4) is 16.9 Å². The molecule has 2 aromatic rings. The molecule has 1 N–H and O–H groups in total. The molecule has 0 radical (unpaired) electrons. The molecule has 122 valence electrons. The molecule has 3 nitrogen and oxygen atoms in total. The standard InChI is InChI=1S/C20H24O3/c1-15-5-7-16(8-6-15)17-9-11-18(12-10-17)23-14-4-13-20(2,3)19(21)22/h5-12H,4,13-14H2,1-3H3,(H,21,22). The molecule has 0 spiro atoms. The van der Waals surface area contributed by atoms with Gasteiger partial charge in [0.2, 0.25) is 0 Å². The average Bonchev–Trinajstić information content (AvgIpc) is 2.53. The van der Waals surface area contributed by atoms with Gasteiger partial charge >= 0.3 is 5.97 Å². The molecule has 0 bridgehead atoms. The van der Waals surface area contributed by atoms with Crippen LogP contribution in [-0.2, 0) is 4.79 Å². The quantitative estimate of drug-likeness (QED) is 0.737. The van der Waals surface area contributed by atoms with Crippen molar-refractivity contribution in [3.05, 3.63) is 54.1 Å². The van der Waals surface area contributed by atoms with Gasteiger partial charge in [-0.2, -0.15) is 0 Å². The largest absolute Gasteiger partial charge is 0.494 e. The minimum absolute atomic E-state index is 0.528. The molecular weight excluding hydrogens is 288 g/mol. The molecule has 3 heteroatoms. The van der Waals surface area contributed by atoms with Gasteiger partial charge in [0.25, 0.3) is 0 Å². The van der Waals surface area contributed by atoms with Crippen LogP contribution in [0.1, 0.15) is 32.3 Å². The number of carboxylic acids is 1. The number of hydrogen-bond acceptors (Lipinski definition) is 2. The molecule has 0 aliphatic rings. The summed E-state index contributed by atoms with van der Waals surface area (Å²) in [6.45, 7) is 6.09. The summed E-state index contributed by atoms with van der Waals surface area (Å²) in [4.78, 5) is 11.0. The number of benzene rings is 2. The van der Waals surface area contributed by atoms with Crippen molar-refractivity contribution in [1.29, 1.82) is 0 Å². The lowest BCUT2D eigenvalue weighted by atomic mass is 9.88. The Hall–Kier alpha value is -2.29. The van der Waals surface area contributed by atoms with Crippen LogP contribution < -0.4 is 4.74 Å². The minimum atomic E-state index is -0.764. The van der Waals surface area contributed by atoms with Crippen molar-refractivity contribution in [2.45, 2.75) is 33.6 Å². The maximum Gasteiger partial charge on any atom is 0.309 e. The maximum absolute atomic E-state index is 11.0. The Morgan fingerprint density at radius 3 is 2.04 bits per heavy atom. The molecule has 2 rings (SSSR count). The number of rotatable bonds is 7. The van der Waals surface area contributed by atoms with Crippen LogP contribution in [0.4, 0.5) is 0 Å². The highest BCUT2D eigenvalue weighted by Crippen LogP contribution is 2.24. The number of ether oxygens (including phenoxy) is 1. The first kappa shape index (κ1) is 17.1. The smallest absolute Gasteiger partial charge is 0.309 e. The van der Waals surface area contributed by atoms with E-state index in [0.29, 0.717) is 13.0 Å². The predicted molar refractivity (Wildman–Crippen MR) is 92.8 cm³/mol. The third kappa shape index (κ3) is 4.85. The summed E-state index contributed by atoms with van der Waals surface area (Å²) >= 11 is 0. The zero-order valence-corrected chi connectivity index (χ0v) is 14.0. The second-order valence-electron chi connectivity index (χ2n) is 6.53. The van der Waals surface area contributed by atoms with Gasteiger partial charge in [-0.1, -0.05) is 42.0 Å². The summed E-state index contributed by atoms with van der Waals surface area (Å²) in [5.41, 5.74) is 2.89. The van der Waals surface area contributed by atoms with E-state index in [-0.39, 0.29) is 0 Å². The van der Waals surface area contributed by atoms with Crippen molar-refractivity contribution in [2.24, 2.45) is 5.41 Å². The van der Waals surface area contributed by atoms with Gasteiger partial charge in [-0.15, -0.1) is 0 Å². The SMILES string of the molecule is Cc1ccc(-c2ccc(OCCCC(C)(C)C(=O)O)cc2)cc1. The van der Waals surface area contributed by atoms with Crippen molar-refractivity contribution < 1.29 is 14.6 Å². The van der Waals surface area contributed by atoms with E-state index in [0.717, 1.165) is 17.7 Å². The lowest BCUT2D eigenvalue weighted by Crippen LogP contribution is -2.24. The van der Waals surface area contributed by atoms with Gasteiger partial charge < -0.3 is 9.84 Å². The highest BCUT2D eigenvalue weighted by atomic mass is 16.5. The fraction of sp³-hybridized carbons (Fsp3) is 0.350. The Balaban J connectivity index is 1.86. The number of carbonyl (C=O) groups is 1. The molecule has 0 aliphatic carbocycles. The minimum Gasteiger partial charge on any atom is -0.494 e. The van der Waals surface area contributed by atoms with Gasteiger partial charge in [-0.25, -0.2) is 0 Å². The average molecular weight is 312 g/mol. The monoisotopic (exact) mass is 312 g/mol. The summed E-state index contributed by atoms with van der Waals surface area (Å²) in [7, 11) is 0. The van der Waals surface area contributed by atoms with Crippen molar-refractivity contribution >= 4 is 5.97 Å². The van der Waals surface area contributed by atoms with E-state index in [1.54, 1.807) is 13.8 Å². The molecule has 2 aromatic carbocycles. The zero-order chi connectivity index (χ0) is 16.9. The van der Waals surface area contributed by atoms with Crippen molar-refractivity contribution in [1.82, 2.24) is 0 Å². The van der Waals surface area contributed by atoms with E-state index in [1.807, 2.05) is 24.3 Å².